The van der Waals surface area contributed by atoms with Gasteiger partial charge in [0.1, 0.15) is 0 Å². The third-order valence-electron chi connectivity index (χ3n) is 4.41. The predicted molar refractivity (Wildman–Crippen MR) is 102 cm³/mol. The van der Waals surface area contributed by atoms with E-state index in [9.17, 15) is 4.79 Å². The molecule has 6 heteroatoms. The highest BCUT2D eigenvalue weighted by Gasteiger charge is 2.21. The van der Waals surface area contributed by atoms with Crippen LogP contribution in [0.5, 0.6) is 0 Å². The Bertz CT molecular complexity index is 666. The fraction of sp³-hybridized carbons (Fsp3) is 0.500. The van der Waals surface area contributed by atoms with Crippen LogP contribution in [-0.2, 0) is 6.42 Å². The van der Waals surface area contributed by atoms with Crippen molar-refractivity contribution in [2.45, 2.75) is 38.1 Å². The molecule has 0 bridgehead atoms. The van der Waals surface area contributed by atoms with Crippen LogP contribution in [0.25, 0.3) is 10.1 Å². The quantitative estimate of drug-likeness (QED) is 0.759. The fourth-order valence-electron chi connectivity index (χ4n) is 3.26. The zero-order valence-corrected chi connectivity index (χ0v) is 15.3. The van der Waals surface area contributed by atoms with Crippen LogP contribution in [0.3, 0.4) is 0 Å². The number of carbonyl (C=O) groups excluding carboxylic acids is 1. The lowest BCUT2D eigenvalue weighted by Gasteiger charge is -2.16. The van der Waals surface area contributed by atoms with Gasteiger partial charge in [-0.05, 0) is 42.8 Å². The van der Waals surface area contributed by atoms with Crippen molar-refractivity contribution in [1.82, 2.24) is 10.6 Å². The van der Waals surface area contributed by atoms with E-state index in [0.717, 1.165) is 28.1 Å². The van der Waals surface area contributed by atoms with E-state index in [1.54, 1.807) is 11.3 Å². The molecule has 0 radical (unpaired) electrons. The Morgan fingerprint density at radius 2 is 2.12 bits per heavy atom. The van der Waals surface area contributed by atoms with Crippen molar-refractivity contribution in [3.63, 3.8) is 0 Å². The number of thiophene rings is 1. The first-order chi connectivity index (χ1) is 11.3. The van der Waals surface area contributed by atoms with Crippen LogP contribution in [0, 0.1) is 0 Å². The Labute approximate surface area is 153 Å². The molecule has 1 aromatic heterocycles. The van der Waals surface area contributed by atoms with Crippen LogP contribution in [0.2, 0.25) is 0 Å². The van der Waals surface area contributed by atoms with Gasteiger partial charge in [0.15, 0.2) is 0 Å². The molecule has 2 aromatic rings. The molecular weight excluding hydrogens is 344 g/mol. The maximum Gasteiger partial charge on any atom is 0.261 e. The first-order valence-corrected chi connectivity index (χ1v) is 9.24. The van der Waals surface area contributed by atoms with E-state index in [4.69, 9.17) is 5.11 Å². The highest BCUT2D eigenvalue weighted by Crippen LogP contribution is 2.33. The highest BCUT2D eigenvalue weighted by molar-refractivity contribution is 7.21. The summed E-state index contributed by atoms with van der Waals surface area (Å²) in [5.74, 6) is -0.0659. The lowest BCUT2D eigenvalue weighted by atomic mass is 9.99. The number of fused-ring (bicyclic) bond motifs is 1. The van der Waals surface area contributed by atoms with Gasteiger partial charge >= 0.3 is 0 Å². The molecule has 1 aliphatic heterocycles. The van der Waals surface area contributed by atoms with Gasteiger partial charge in [0.05, 0.1) is 11.5 Å². The van der Waals surface area contributed by atoms with E-state index < -0.39 is 0 Å². The summed E-state index contributed by atoms with van der Waals surface area (Å²) >= 11 is 1.55. The topological polar surface area (TPSA) is 61.4 Å². The maximum atomic E-state index is 12.5. The summed E-state index contributed by atoms with van der Waals surface area (Å²) in [4.78, 5) is 13.3. The molecule has 1 aromatic carbocycles. The number of amides is 1. The lowest BCUT2D eigenvalue weighted by Crippen LogP contribution is -2.31. The SMILES string of the molecule is Cl.O=C(NCCO)c1sc2ccccc2c1CC1CCCCCN1. The van der Waals surface area contributed by atoms with Crippen LogP contribution < -0.4 is 10.6 Å². The first kappa shape index (κ1) is 19.2. The predicted octanol–water partition coefficient (Wildman–Crippen LogP) is 3.12. The van der Waals surface area contributed by atoms with Gasteiger partial charge in [-0.3, -0.25) is 4.79 Å². The number of halogens is 1. The third kappa shape index (κ3) is 4.48. The van der Waals surface area contributed by atoms with E-state index in [-0.39, 0.29) is 24.9 Å². The van der Waals surface area contributed by atoms with E-state index in [2.05, 4.69) is 22.8 Å². The van der Waals surface area contributed by atoms with E-state index in [0.29, 0.717) is 12.6 Å². The van der Waals surface area contributed by atoms with Crippen molar-refractivity contribution < 1.29 is 9.90 Å². The van der Waals surface area contributed by atoms with Gasteiger partial charge < -0.3 is 15.7 Å². The number of benzene rings is 1. The van der Waals surface area contributed by atoms with Gasteiger partial charge in [-0.1, -0.05) is 31.0 Å². The molecule has 0 aliphatic carbocycles. The monoisotopic (exact) mass is 368 g/mol. The minimum Gasteiger partial charge on any atom is -0.395 e. The third-order valence-corrected chi connectivity index (χ3v) is 5.63. The molecule has 1 fully saturated rings. The zero-order valence-electron chi connectivity index (χ0n) is 13.7. The lowest BCUT2D eigenvalue weighted by molar-refractivity contribution is 0.0948. The molecule has 3 N–H and O–H groups in total. The molecule has 3 rings (SSSR count). The van der Waals surface area contributed by atoms with Crippen LogP contribution in [0.4, 0.5) is 0 Å². The van der Waals surface area contributed by atoms with Crippen LogP contribution in [0.1, 0.15) is 40.9 Å². The fourth-order valence-corrected chi connectivity index (χ4v) is 4.41. The molecule has 1 unspecified atom stereocenters. The number of rotatable bonds is 5. The van der Waals surface area contributed by atoms with Gasteiger partial charge in [0.2, 0.25) is 0 Å². The average molecular weight is 369 g/mol. The summed E-state index contributed by atoms with van der Waals surface area (Å²) in [5.41, 5.74) is 1.15. The standard InChI is InChI=1S/C18H24N2O2S.ClH/c21-11-10-20-18(22)17-15(12-13-6-2-1-5-9-19-13)14-7-3-4-8-16(14)23-17;/h3-4,7-8,13,19,21H,1-2,5-6,9-12H2,(H,20,22);1H. The number of aliphatic hydroxyl groups is 1. The highest BCUT2D eigenvalue weighted by atomic mass is 35.5. The molecule has 132 valence electrons. The van der Waals surface area contributed by atoms with Crippen molar-refractivity contribution in [1.29, 1.82) is 0 Å². The maximum absolute atomic E-state index is 12.5. The Morgan fingerprint density at radius 1 is 1.29 bits per heavy atom. The summed E-state index contributed by atoms with van der Waals surface area (Å²) in [7, 11) is 0. The number of hydrogen-bond acceptors (Lipinski definition) is 4. The number of hydrogen-bond donors (Lipinski definition) is 3. The Morgan fingerprint density at radius 3 is 2.96 bits per heavy atom. The molecule has 1 amide bonds. The van der Waals surface area contributed by atoms with Crippen molar-refractivity contribution in [3.8, 4) is 0 Å². The zero-order chi connectivity index (χ0) is 16.1. The second-order valence-corrected chi connectivity index (χ2v) is 7.14. The normalized spacial score (nSPS) is 18.0. The first-order valence-electron chi connectivity index (χ1n) is 8.42. The van der Waals surface area contributed by atoms with Crippen LogP contribution in [0.15, 0.2) is 24.3 Å². The molecule has 0 spiro atoms. The van der Waals surface area contributed by atoms with E-state index in [1.165, 1.54) is 31.1 Å². The summed E-state index contributed by atoms with van der Waals surface area (Å²) < 4.78 is 1.16. The molecule has 1 atom stereocenters. The minimum absolute atomic E-state index is 0. The largest absolute Gasteiger partial charge is 0.395 e. The van der Waals surface area contributed by atoms with Gasteiger partial charge in [-0.15, -0.1) is 23.7 Å². The number of aliphatic hydroxyl groups excluding tert-OH is 1. The molecule has 0 saturated carbocycles. The van der Waals surface area contributed by atoms with E-state index in [1.807, 2.05) is 12.1 Å². The van der Waals surface area contributed by atoms with Crippen LogP contribution >= 0.6 is 23.7 Å². The van der Waals surface area contributed by atoms with Crippen molar-refractivity contribution in [2.75, 3.05) is 19.7 Å². The van der Waals surface area contributed by atoms with Crippen LogP contribution in [-0.4, -0.2) is 36.8 Å². The Kier molecular flexibility index (Phi) is 7.49. The number of carbonyl (C=O) groups is 1. The minimum atomic E-state index is -0.0659. The molecular formula is C18H25ClN2O2S. The second-order valence-electron chi connectivity index (χ2n) is 6.09. The summed E-state index contributed by atoms with van der Waals surface area (Å²) in [5, 5.41) is 16.6. The van der Waals surface area contributed by atoms with E-state index >= 15 is 0 Å². The van der Waals surface area contributed by atoms with Crippen molar-refractivity contribution in [2.24, 2.45) is 0 Å². The van der Waals surface area contributed by atoms with Crippen molar-refractivity contribution >= 4 is 39.7 Å². The molecule has 1 aliphatic rings. The summed E-state index contributed by atoms with van der Waals surface area (Å²) in [6, 6.07) is 8.68. The number of nitrogens with one attached hydrogen (secondary N) is 2. The van der Waals surface area contributed by atoms with Gasteiger partial charge in [0, 0.05) is 17.3 Å². The molecule has 24 heavy (non-hydrogen) atoms. The van der Waals surface area contributed by atoms with Gasteiger partial charge in [-0.2, -0.15) is 0 Å². The summed E-state index contributed by atoms with van der Waals surface area (Å²) in [6.45, 7) is 1.34. The molecule has 4 nitrogen and oxygen atoms in total. The Hall–Kier alpha value is -1.14. The Balaban J connectivity index is 0.00000208. The van der Waals surface area contributed by atoms with Gasteiger partial charge in [-0.25, -0.2) is 0 Å². The molecule has 2 heterocycles. The van der Waals surface area contributed by atoms with Crippen molar-refractivity contribution in [3.05, 3.63) is 34.7 Å². The van der Waals surface area contributed by atoms with Gasteiger partial charge in [0.25, 0.3) is 5.91 Å². The average Bonchev–Trinajstić information content (AvgIpc) is 2.75. The smallest absolute Gasteiger partial charge is 0.261 e. The molecule has 1 saturated heterocycles. The second kappa shape index (κ2) is 9.37. The summed E-state index contributed by atoms with van der Waals surface area (Å²) in [6.07, 6.45) is 5.85.